The quantitative estimate of drug-likeness (QED) is 0.167. The Morgan fingerprint density at radius 2 is 1.38 bits per heavy atom. The van der Waals surface area contributed by atoms with E-state index in [2.05, 4.69) is 21.3 Å². The monoisotopic (exact) mass is 626 g/mol. The molecule has 2 aromatic heterocycles. The van der Waals surface area contributed by atoms with Gasteiger partial charge in [0, 0.05) is 28.8 Å². The highest BCUT2D eigenvalue weighted by molar-refractivity contribution is 5.97. The van der Waals surface area contributed by atoms with E-state index >= 15 is 0 Å². The standard InChI is InChI=1S/C32H42N4O9/c1-8-16(4)29(31(41)42)36-27(39)14-34-30(40)28(15(2)3)35-26(38)13-33-25(37)10-9-20-18(6)22-11-21-17(5)19(7)44-23(21)12-24(22)45-32(20)43/h11-12,15-16,28-29H,8-10,13-14H2,1-7H3,(H,33,37)(H,34,40)(H,35,38)(H,36,39)(H,41,42). The van der Waals surface area contributed by atoms with Gasteiger partial charge < -0.3 is 35.2 Å². The van der Waals surface area contributed by atoms with E-state index < -0.39 is 60.4 Å². The van der Waals surface area contributed by atoms with E-state index in [-0.39, 0.29) is 24.7 Å². The van der Waals surface area contributed by atoms with Crippen LogP contribution in [-0.4, -0.2) is 59.9 Å². The van der Waals surface area contributed by atoms with E-state index in [4.69, 9.17) is 8.83 Å². The van der Waals surface area contributed by atoms with Crippen LogP contribution in [-0.2, 0) is 30.4 Å². The van der Waals surface area contributed by atoms with Crippen molar-refractivity contribution in [3.8, 4) is 0 Å². The number of hydrogen-bond acceptors (Lipinski definition) is 8. The van der Waals surface area contributed by atoms with Gasteiger partial charge in [-0.15, -0.1) is 0 Å². The van der Waals surface area contributed by atoms with Crippen molar-refractivity contribution in [2.45, 2.75) is 79.8 Å². The summed E-state index contributed by atoms with van der Waals surface area (Å²) in [4.78, 5) is 74.3. The van der Waals surface area contributed by atoms with Crippen LogP contribution < -0.4 is 26.9 Å². The first-order valence-corrected chi connectivity index (χ1v) is 15.0. The number of furan rings is 1. The molecule has 45 heavy (non-hydrogen) atoms. The Labute approximate surface area is 260 Å². The molecule has 0 radical (unpaired) electrons. The minimum absolute atomic E-state index is 0.0757. The fourth-order valence-corrected chi connectivity index (χ4v) is 4.96. The fraction of sp³-hybridized carbons (Fsp3) is 0.500. The lowest BCUT2D eigenvalue weighted by Crippen LogP contribution is -2.54. The molecule has 3 unspecified atom stereocenters. The summed E-state index contributed by atoms with van der Waals surface area (Å²) in [6.45, 7) is 11.6. The molecule has 13 heteroatoms. The zero-order valence-electron chi connectivity index (χ0n) is 26.7. The number of hydrogen-bond donors (Lipinski definition) is 5. The van der Waals surface area contributed by atoms with E-state index in [1.807, 2.05) is 19.9 Å². The van der Waals surface area contributed by atoms with Crippen molar-refractivity contribution < 1.29 is 37.9 Å². The predicted molar refractivity (Wildman–Crippen MR) is 167 cm³/mol. The van der Waals surface area contributed by atoms with Crippen LogP contribution in [0.15, 0.2) is 25.8 Å². The molecule has 0 fully saturated rings. The van der Waals surface area contributed by atoms with E-state index in [9.17, 15) is 33.9 Å². The van der Waals surface area contributed by atoms with Crippen LogP contribution >= 0.6 is 0 Å². The molecular weight excluding hydrogens is 584 g/mol. The molecule has 13 nitrogen and oxygen atoms in total. The van der Waals surface area contributed by atoms with Crippen molar-refractivity contribution in [3.05, 3.63) is 45.0 Å². The van der Waals surface area contributed by atoms with E-state index in [1.54, 1.807) is 40.7 Å². The van der Waals surface area contributed by atoms with Crippen LogP contribution in [0.5, 0.6) is 0 Å². The molecule has 0 saturated heterocycles. The minimum atomic E-state index is -1.17. The molecule has 2 heterocycles. The highest BCUT2D eigenvalue weighted by Gasteiger charge is 2.27. The van der Waals surface area contributed by atoms with Crippen molar-refractivity contribution in [2.24, 2.45) is 11.8 Å². The highest BCUT2D eigenvalue weighted by atomic mass is 16.4. The van der Waals surface area contributed by atoms with Gasteiger partial charge in [0.1, 0.15) is 29.0 Å². The molecule has 4 amide bonds. The molecule has 3 rings (SSSR count). The molecule has 0 saturated carbocycles. The SMILES string of the molecule is CCC(C)C(NC(=O)CNC(=O)C(NC(=O)CNC(=O)CCc1c(C)c2cc3c(C)c(C)oc3cc2oc1=O)C(C)C)C(=O)O. The number of fused-ring (bicyclic) bond motifs is 2. The lowest BCUT2D eigenvalue weighted by atomic mass is 9.99. The highest BCUT2D eigenvalue weighted by Crippen LogP contribution is 2.31. The average Bonchev–Trinajstić information content (AvgIpc) is 3.26. The van der Waals surface area contributed by atoms with Gasteiger partial charge in [-0.1, -0.05) is 34.1 Å². The maximum atomic E-state index is 12.7. The summed E-state index contributed by atoms with van der Waals surface area (Å²) in [7, 11) is 0. The Morgan fingerprint density at radius 1 is 0.800 bits per heavy atom. The first-order chi connectivity index (χ1) is 21.1. The summed E-state index contributed by atoms with van der Waals surface area (Å²) >= 11 is 0. The minimum Gasteiger partial charge on any atom is -0.480 e. The van der Waals surface area contributed by atoms with E-state index in [0.29, 0.717) is 28.7 Å². The van der Waals surface area contributed by atoms with Gasteiger partial charge in [0.2, 0.25) is 23.6 Å². The van der Waals surface area contributed by atoms with Crippen molar-refractivity contribution in [1.82, 2.24) is 21.3 Å². The topological polar surface area (TPSA) is 197 Å². The molecule has 0 spiro atoms. The number of carboxylic acid groups (broad SMARTS) is 1. The number of aliphatic carboxylic acids is 1. The van der Waals surface area contributed by atoms with E-state index in [0.717, 1.165) is 22.1 Å². The summed E-state index contributed by atoms with van der Waals surface area (Å²) in [6.07, 6.45) is 0.556. The molecule has 3 atom stereocenters. The molecule has 3 aromatic rings. The van der Waals surface area contributed by atoms with Crippen LogP contribution in [0, 0.1) is 32.6 Å². The molecule has 0 bridgehead atoms. The summed E-state index contributed by atoms with van der Waals surface area (Å²) in [5, 5.41) is 20.9. The maximum Gasteiger partial charge on any atom is 0.339 e. The number of rotatable bonds is 14. The normalized spacial score (nSPS) is 13.3. The van der Waals surface area contributed by atoms with Gasteiger partial charge in [0.15, 0.2) is 0 Å². The number of carboxylic acids is 1. The molecule has 5 N–H and O–H groups in total. The Kier molecular flexibility index (Phi) is 11.5. The fourth-order valence-electron chi connectivity index (χ4n) is 4.96. The first kappa shape index (κ1) is 34.8. The van der Waals surface area contributed by atoms with Crippen LogP contribution in [0.4, 0.5) is 0 Å². The molecule has 0 aliphatic carbocycles. The lowest BCUT2D eigenvalue weighted by molar-refractivity contribution is -0.143. The maximum absolute atomic E-state index is 12.7. The van der Waals surface area contributed by atoms with Gasteiger partial charge in [-0.2, -0.15) is 0 Å². The van der Waals surface area contributed by atoms with Gasteiger partial charge in [0.05, 0.1) is 13.1 Å². The van der Waals surface area contributed by atoms with Gasteiger partial charge in [-0.05, 0) is 56.2 Å². The Bertz CT molecular complexity index is 1670. The zero-order chi connectivity index (χ0) is 33.6. The second-order valence-corrected chi connectivity index (χ2v) is 11.7. The van der Waals surface area contributed by atoms with Crippen molar-refractivity contribution in [2.75, 3.05) is 13.1 Å². The number of nitrogens with one attached hydrogen (secondary N) is 4. The van der Waals surface area contributed by atoms with Crippen LogP contribution in [0.3, 0.4) is 0 Å². The van der Waals surface area contributed by atoms with Crippen LogP contribution in [0.1, 0.15) is 63.0 Å². The third-order valence-electron chi connectivity index (χ3n) is 8.12. The third kappa shape index (κ3) is 8.49. The van der Waals surface area contributed by atoms with Gasteiger partial charge in [0.25, 0.3) is 0 Å². The van der Waals surface area contributed by atoms with Gasteiger partial charge >= 0.3 is 11.6 Å². The third-order valence-corrected chi connectivity index (χ3v) is 8.12. The second kappa shape index (κ2) is 14.9. The molecular formula is C32H42N4O9. The summed E-state index contributed by atoms with van der Waals surface area (Å²) in [6, 6.07) is 1.50. The Morgan fingerprint density at radius 3 is 1.98 bits per heavy atom. The lowest BCUT2D eigenvalue weighted by Gasteiger charge is -2.23. The first-order valence-electron chi connectivity index (χ1n) is 15.0. The van der Waals surface area contributed by atoms with Gasteiger partial charge in [-0.3, -0.25) is 19.2 Å². The van der Waals surface area contributed by atoms with Crippen LogP contribution in [0.25, 0.3) is 21.9 Å². The summed E-state index contributed by atoms with van der Waals surface area (Å²) < 4.78 is 11.3. The molecule has 0 aliphatic heterocycles. The molecule has 0 aliphatic rings. The summed E-state index contributed by atoms with van der Waals surface area (Å²) in [5.74, 6) is -3.47. The predicted octanol–water partition coefficient (Wildman–Crippen LogP) is 2.39. The number of carbonyl (C=O) groups excluding carboxylic acids is 4. The zero-order valence-corrected chi connectivity index (χ0v) is 26.7. The number of amides is 4. The second-order valence-electron chi connectivity index (χ2n) is 11.7. The Balaban J connectivity index is 1.54. The van der Waals surface area contributed by atoms with Crippen molar-refractivity contribution in [3.63, 3.8) is 0 Å². The summed E-state index contributed by atoms with van der Waals surface area (Å²) in [5.41, 5.74) is 2.51. The Hall–Kier alpha value is -4.68. The number of aryl methyl sites for hydroxylation is 3. The average molecular weight is 627 g/mol. The van der Waals surface area contributed by atoms with Crippen molar-refractivity contribution in [1.29, 1.82) is 0 Å². The largest absolute Gasteiger partial charge is 0.480 e. The van der Waals surface area contributed by atoms with E-state index in [1.165, 1.54) is 0 Å². The number of benzene rings is 1. The number of carbonyl (C=O) groups is 5. The van der Waals surface area contributed by atoms with Crippen LogP contribution in [0.2, 0.25) is 0 Å². The van der Waals surface area contributed by atoms with Gasteiger partial charge in [-0.25, -0.2) is 9.59 Å². The molecule has 244 valence electrons. The molecule has 1 aromatic carbocycles. The van der Waals surface area contributed by atoms with Crippen molar-refractivity contribution >= 4 is 51.5 Å². The smallest absolute Gasteiger partial charge is 0.339 e.